The van der Waals surface area contributed by atoms with Gasteiger partial charge in [0.1, 0.15) is 0 Å². The summed E-state index contributed by atoms with van der Waals surface area (Å²) in [6, 6.07) is 0.792. The molecule has 0 bridgehead atoms. The summed E-state index contributed by atoms with van der Waals surface area (Å²) in [5, 5.41) is 6.68. The smallest absolute Gasteiger partial charge is 0.234 e. The molecular weight excluding hydrogens is 456 g/mol. The van der Waals surface area contributed by atoms with Crippen molar-refractivity contribution in [3.8, 4) is 0 Å². The number of nitrogens with zero attached hydrogens (tertiary/aromatic N) is 5. The lowest BCUT2D eigenvalue weighted by Gasteiger charge is -2.43. The summed E-state index contributed by atoms with van der Waals surface area (Å²) < 4.78 is 0. The van der Waals surface area contributed by atoms with Crippen LogP contribution in [0, 0.1) is 5.92 Å². The zero-order valence-corrected chi connectivity index (χ0v) is 22.5. The van der Waals surface area contributed by atoms with E-state index in [0.29, 0.717) is 19.1 Å². The van der Waals surface area contributed by atoms with E-state index in [1.807, 2.05) is 0 Å². The monoisotopic (exact) mass is 506 g/mol. The third-order valence-electron chi connectivity index (χ3n) is 8.60. The number of amides is 2. The van der Waals surface area contributed by atoms with Crippen molar-refractivity contribution in [2.75, 3.05) is 105 Å². The molecule has 0 aromatic carbocycles. The van der Waals surface area contributed by atoms with Crippen molar-refractivity contribution in [1.82, 2.24) is 35.1 Å². The average molecular weight is 507 g/mol. The van der Waals surface area contributed by atoms with E-state index in [9.17, 15) is 9.59 Å². The molecule has 4 aliphatic heterocycles. The molecule has 4 N–H and O–H groups in total. The van der Waals surface area contributed by atoms with Crippen LogP contribution in [0.3, 0.4) is 0 Å². The first-order valence-corrected chi connectivity index (χ1v) is 14.4. The van der Waals surface area contributed by atoms with E-state index in [0.717, 1.165) is 90.8 Å². The molecule has 206 valence electrons. The average Bonchev–Trinajstić information content (AvgIpc) is 2.86. The van der Waals surface area contributed by atoms with Crippen molar-refractivity contribution in [2.24, 2.45) is 11.7 Å². The normalized spacial score (nSPS) is 26.1. The van der Waals surface area contributed by atoms with Crippen molar-refractivity contribution in [1.29, 1.82) is 0 Å². The minimum atomic E-state index is -0.228. The minimum absolute atomic E-state index is 0.171. The summed E-state index contributed by atoms with van der Waals surface area (Å²) in [7, 11) is 0. The summed E-state index contributed by atoms with van der Waals surface area (Å²) in [5.41, 5.74) is 5.34. The Bertz CT molecular complexity index is 679. The quantitative estimate of drug-likeness (QED) is 0.335. The van der Waals surface area contributed by atoms with E-state index in [1.54, 1.807) is 0 Å². The van der Waals surface area contributed by atoms with Crippen molar-refractivity contribution in [3.63, 3.8) is 0 Å². The molecule has 2 amide bonds. The molecule has 0 saturated carbocycles. The number of hydrogen-bond acceptors (Lipinski definition) is 8. The van der Waals surface area contributed by atoms with Crippen LogP contribution in [-0.4, -0.2) is 153 Å². The van der Waals surface area contributed by atoms with Gasteiger partial charge in [0.15, 0.2) is 0 Å². The Kier molecular flexibility index (Phi) is 10.8. The predicted octanol–water partition coefficient (Wildman–Crippen LogP) is -1.32. The van der Waals surface area contributed by atoms with Crippen LogP contribution >= 0.6 is 0 Å². The maximum absolute atomic E-state index is 12.7. The maximum Gasteiger partial charge on any atom is 0.234 e. The Morgan fingerprint density at radius 3 is 2.06 bits per heavy atom. The Morgan fingerprint density at radius 1 is 0.806 bits per heavy atom. The molecule has 4 heterocycles. The summed E-state index contributed by atoms with van der Waals surface area (Å²) in [6.45, 7) is 18.1. The molecule has 4 fully saturated rings. The molecule has 0 spiro atoms. The molecule has 1 atom stereocenters. The fraction of sp³-hybridized carbons (Fsp3) is 0.923. The van der Waals surface area contributed by atoms with E-state index in [4.69, 9.17) is 5.73 Å². The van der Waals surface area contributed by atoms with Crippen molar-refractivity contribution >= 4 is 11.8 Å². The van der Waals surface area contributed by atoms with Crippen LogP contribution in [0.1, 0.15) is 32.6 Å². The second-order valence-electron chi connectivity index (χ2n) is 11.5. The minimum Gasteiger partial charge on any atom is -0.369 e. The first-order valence-electron chi connectivity index (χ1n) is 14.4. The lowest BCUT2D eigenvalue weighted by Crippen LogP contribution is -2.55. The summed E-state index contributed by atoms with van der Waals surface area (Å²) >= 11 is 0. The predicted molar refractivity (Wildman–Crippen MR) is 143 cm³/mol. The van der Waals surface area contributed by atoms with Gasteiger partial charge in [-0.15, -0.1) is 0 Å². The van der Waals surface area contributed by atoms with E-state index >= 15 is 0 Å². The van der Waals surface area contributed by atoms with Crippen LogP contribution in [0.25, 0.3) is 0 Å². The Morgan fingerprint density at radius 2 is 1.42 bits per heavy atom. The van der Waals surface area contributed by atoms with Gasteiger partial charge in [0.05, 0.1) is 13.1 Å². The van der Waals surface area contributed by atoms with E-state index in [-0.39, 0.29) is 17.9 Å². The van der Waals surface area contributed by atoms with E-state index in [1.165, 1.54) is 32.5 Å². The van der Waals surface area contributed by atoms with Gasteiger partial charge < -0.3 is 21.3 Å². The lowest BCUT2D eigenvalue weighted by molar-refractivity contribution is -0.123. The number of primary amides is 1. The number of piperazine rings is 2. The highest BCUT2D eigenvalue weighted by molar-refractivity contribution is 5.78. The van der Waals surface area contributed by atoms with Gasteiger partial charge in [-0.2, -0.15) is 0 Å². The van der Waals surface area contributed by atoms with Gasteiger partial charge in [-0.3, -0.25) is 29.2 Å². The Labute approximate surface area is 217 Å². The number of nitrogens with one attached hydrogen (secondary N) is 2. The number of carbonyl (C=O) groups is 2. The highest BCUT2D eigenvalue weighted by Crippen LogP contribution is 2.19. The van der Waals surface area contributed by atoms with Crippen LogP contribution in [0.15, 0.2) is 0 Å². The standard InChI is InChI=1S/C26H50N8O2/c1-22(18-33-14-16-34(17-15-33)24-4-10-30(11-5-24)20-25(27)35)29-26(36)21-31-8-2-23(3-9-31)19-32-12-6-28-7-13-32/h22-24,28H,2-21H2,1H3,(H2,27,35)(H,29,36). The van der Waals surface area contributed by atoms with Crippen LogP contribution in [0.5, 0.6) is 0 Å². The van der Waals surface area contributed by atoms with E-state index < -0.39 is 0 Å². The van der Waals surface area contributed by atoms with Gasteiger partial charge in [-0.1, -0.05) is 0 Å². The molecule has 10 nitrogen and oxygen atoms in total. The third-order valence-corrected chi connectivity index (χ3v) is 8.60. The number of rotatable bonds is 10. The molecule has 0 aromatic rings. The largest absolute Gasteiger partial charge is 0.369 e. The molecule has 0 aromatic heterocycles. The second kappa shape index (κ2) is 14.0. The Balaban J connectivity index is 1.06. The SMILES string of the molecule is CC(CN1CCN(C2CCN(CC(N)=O)CC2)CC1)NC(=O)CN1CCC(CN2CCNCC2)CC1. The topological polar surface area (TPSA) is 100 Å². The second-order valence-corrected chi connectivity index (χ2v) is 11.5. The van der Waals surface area contributed by atoms with Crippen LogP contribution in [0.4, 0.5) is 0 Å². The van der Waals surface area contributed by atoms with Gasteiger partial charge in [-0.25, -0.2) is 0 Å². The molecule has 36 heavy (non-hydrogen) atoms. The molecule has 4 aliphatic rings. The van der Waals surface area contributed by atoms with Gasteiger partial charge >= 0.3 is 0 Å². The third kappa shape index (κ3) is 8.92. The number of nitrogens with two attached hydrogens (primary N) is 1. The van der Waals surface area contributed by atoms with Crippen LogP contribution in [-0.2, 0) is 9.59 Å². The molecule has 0 aliphatic carbocycles. The molecule has 1 unspecified atom stereocenters. The number of hydrogen-bond donors (Lipinski definition) is 3. The Hall–Kier alpha value is -1.30. The number of carbonyl (C=O) groups excluding carboxylic acids is 2. The zero-order valence-electron chi connectivity index (χ0n) is 22.5. The first kappa shape index (κ1) is 27.7. The maximum atomic E-state index is 12.7. The van der Waals surface area contributed by atoms with Gasteiger partial charge in [0.25, 0.3) is 0 Å². The summed E-state index contributed by atoms with van der Waals surface area (Å²) in [6.07, 6.45) is 4.65. The van der Waals surface area contributed by atoms with Crippen molar-refractivity contribution in [2.45, 2.75) is 44.7 Å². The van der Waals surface area contributed by atoms with Gasteiger partial charge in [-0.05, 0) is 51.6 Å². The fourth-order valence-corrected chi connectivity index (χ4v) is 6.52. The molecule has 0 radical (unpaired) electrons. The number of likely N-dealkylation sites (tertiary alicyclic amines) is 2. The molecular formula is C26H50N8O2. The van der Waals surface area contributed by atoms with Crippen molar-refractivity contribution in [3.05, 3.63) is 0 Å². The van der Waals surface area contributed by atoms with Crippen LogP contribution < -0.4 is 16.4 Å². The zero-order chi connectivity index (χ0) is 25.3. The highest BCUT2D eigenvalue weighted by atomic mass is 16.2. The summed E-state index contributed by atoms with van der Waals surface area (Å²) in [5.74, 6) is 0.723. The highest BCUT2D eigenvalue weighted by Gasteiger charge is 2.29. The van der Waals surface area contributed by atoms with Crippen molar-refractivity contribution < 1.29 is 9.59 Å². The molecule has 4 saturated heterocycles. The fourth-order valence-electron chi connectivity index (χ4n) is 6.52. The molecule has 4 rings (SSSR count). The van der Waals surface area contributed by atoms with Gasteiger partial charge in [0, 0.05) is 90.6 Å². The first-order chi connectivity index (χ1) is 17.4. The van der Waals surface area contributed by atoms with Crippen LogP contribution in [0.2, 0.25) is 0 Å². The summed E-state index contributed by atoms with van der Waals surface area (Å²) in [4.78, 5) is 36.1. The molecule has 10 heteroatoms. The van der Waals surface area contributed by atoms with Gasteiger partial charge in [0.2, 0.25) is 11.8 Å². The van der Waals surface area contributed by atoms with E-state index in [2.05, 4.69) is 42.1 Å². The lowest BCUT2D eigenvalue weighted by atomic mass is 9.96. The number of piperidine rings is 2.